The second-order valence-electron chi connectivity index (χ2n) is 5.65. The molecule has 0 aromatic carbocycles. The van der Waals surface area contributed by atoms with E-state index < -0.39 is 0 Å². The number of nitrogens with zero attached hydrogens (tertiary/aromatic N) is 1. The van der Waals surface area contributed by atoms with Crippen molar-refractivity contribution >= 4 is 11.3 Å². The van der Waals surface area contributed by atoms with Crippen molar-refractivity contribution in [1.29, 1.82) is 0 Å². The van der Waals surface area contributed by atoms with Gasteiger partial charge in [0.1, 0.15) is 0 Å². The van der Waals surface area contributed by atoms with Gasteiger partial charge in [0.25, 0.3) is 0 Å². The van der Waals surface area contributed by atoms with Gasteiger partial charge in [0.15, 0.2) is 0 Å². The number of aryl methyl sites for hydroxylation is 1. The number of hydrogen-bond donors (Lipinski definition) is 1. The summed E-state index contributed by atoms with van der Waals surface area (Å²) >= 11 is 1.74. The summed E-state index contributed by atoms with van der Waals surface area (Å²) in [6, 6.07) is 0.591. The Balaban J connectivity index is 1.77. The lowest BCUT2D eigenvalue weighted by Crippen LogP contribution is -2.62. The summed E-state index contributed by atoms with van der Waals surface area (Å²) in [5, 5.41) is 7.02. The average molecular weight is 282 g/mol. The van der Waals surface area contributed by atoms with Crippen molar-refractivity contribution in [2.24, 2.45) is 5.41 Å². The Hall–Kier alpha value is -0.450. The van der Waals surface area contributed by atoms with Crippen molar-refractivity contribution in [2.75, 3.05) is 13.2 Å². The fourth-order valence-electron chi connectivity index (χ4n) is 2.96. The molecule has 1 aliphatic rings. The number of rotatable bonds is 7. The van der Waals surface area contributed by atoms with Crippen LogP contribution in [0.4, 0.5) is 0 Å². The molecule has 3 nitrogen and oxygen atoms in total. The third kappa shape index (κ3) is 3.18. The molecule has 2 rings (SSSR count). The molecule has 0 saturated heterocycles. The van der Waals surface area contributed by atoms with E-state index in [1.807, 2.05) is 0 Å². The molecule has 1 saturated carbocycles. The van der Waals surface area contributed by atoms with Crippen LogP contribution in [0.1, 0.15) is 44.3 Å². The van der Waals surface area contributed by atoms with Gasteiger partial charge in [0, 0.05) is 36.4 Å². The van der Waals surface area contributed by atoms with Gasteiger partial charge < -0.3 is 10.1 Å². The Morgan fingerprint density at radius 3 is 2.89 bits per heavy atom. The Bertz CT molecular complexity index is 407. The van der Waals surface area contributed by atoms with Crippen LogP contribution in [0.2, 0.25) is 0 Å². The van der Waals surface area contributed by atoms with Crippen molar-refractivity contribution in [3.05, 3.63) is 16.1 Å². The highest BCUT2D eigenvalue weighted by Gasteiger charge is 2.50. The third-order valence-corrected chi connectivity index (χ3v) is 5.37. The smallest absolute Gasteiger partial charge is 0.0897 e. The summed E-state index contributed by atoms with van der Waals surface area (Å²) in [6.45, 7) is 10.6. The molecule has 0 aliphatic heterocycles. The van der Waals surface area contributed by atoms with E-state index in [0.29, 0.717) is 17.6 Å². The molecular weight excluding hydrogens is 256 g/mol. The molecule has 1 N–H and O–H groups in total. The first-order valence-corrected chi connectivity index (χ1v) is 8.24. The van der Waals surface area contributed by atoms with Crippen LogP contribution in [0, 0.1) is 12.3 Å². The summed E-state index contributed by atoms with van der Waals surface area (Å²) in [5.74, 6) is 0. The quantitative estimate of drug-likeness (QED) is 0.834. The minimum absolute atomic E-state index is 0.300. The minimum Gasteiger partial charge on any atom is -0.378 e. The highest BCUT2D eigenvalue weighted by atomic mass is 32.1. The van der Waals surface area contributed by atoms with Crippen molar-refractivity contribution in [1.82, 2.24) is 10.3 Å². The van der Waals surface area contributed by atoms with Gasteiger partial charge in [0.2, 0.25) is 0 Å². The Morgan fingerprint density at radius 2 is 2.32 bits per heavy atom. The van der Waals surface area contributed by atoms with E-state index in [1.54, 1.807) is 11.3 Å². The number of aromatic nitrogens is 1. The zero-order valence-corrected chi connectivity index (χ0v) is 13.3. The molecule has 1 aromatic heterocycles. The van der Waals surface area contributed by atoms with Gasteiger partial charge in [-0.05, 0) is 26.7 Å². The number of nitrogens with one attached hydrogen (secondary N) is 1. The molecule has 1 fully saturated rings. The highest BCUT2D eigenvalue weighted by molar-refractivity contribution is 7.09. The van der Waals surface area contributed by atoms with E-state index in [2.05, 4.69) is 43.4 Å². The Kier molecular flexibility index (Phi) is 4.98. The van der Waals surface area contributed by atoms with Crippen molar-refractivity contribution in [3.8, 4) is 0 Å². The number of thiazole rings is 1. The summed E-state index contributed by atoms with van der Waals surface area (Å²) < 4.78 is 5.83. The molecule has 0 amide bonds. The second-order valence-corrected chi connectivity index (χ2v) is 6.72. The molecule has 1 aromatic rings. The topological polar surface area (TPSA) is 34.1 Å². The van der Waals surface area contributed by atoms with Gasteiger partial charge in [-0.2, -0.15) is 0 Å². The molecule has 0 radical (unpaired) electrons. The fraction of sp³-hybridized carbons (Fsp3) is 0.800. The molecule has 1 heterocycles. The summed E-state index contributed by atoms with van der Waals surface area (Å²) in [4.78, 5) is 4.51. The van der Waals surface area contributed by atoms with E-state index in [9.17, 15) is 0 Å². The highest BCUT2D eigenvalue weighted by Crippen LogP contribution is 2.45. The standard InChI is InChI=1S/C15H26N2OS/c1-5-15(4)13(9-14(15)18-6-2)16-8-7-12-10-19-11(3)17-12/h10,13-14,16H,5-9H2,1-4H3. The molecule has 3 unspecified atom stereocenters. The van der Waals surface area contributed by atoms with E-state index in [4.69, 9.17) is 4.74 Å². The number of ether oxygens (including phenoxy) is 1. The molecule has 3 atom stereocenters. The largest absolute Gasteiger partial charge is 0.378 e. The first kappa shape index (κ1) is 14.9. The molecule has 0 bridgehead atoms. The van der Waals surface area contributed by atoms with Crippen LogP contribution in [0.15, 0.2) is 5.38 Å². The maximum absolute atomic E-state index is 5.83. The second kappa shape index (κ2) is 6.33. The van der Waals surface area contributed by atoms with E-state index in [-0.39, 0.29) is 0 Å². The Morgan fingerprint density at radius 1 is 1.53 bits per heavy atom. The molecule has 108 valence electrons. The maximum atomic E-state index is 5.83. The summed E-state index contributed by atoms with van der Waals surface area (Å²) in [7, 11) is 0. The van der Waals surface area contributed by atoms with Crippen LogP contribution in [0.3, 0.4) is 0 Å². The maximum Gasteiger partial charge on any atom is 0.0897 e. The fourth-order valence-corrected chi connectivity index (χ4v) is 3.61. The van der Waals surface area contributed by atoms with Gasteiger partial charge in [-0.1, -0.05) is 13.8 Å². The van der Waals surface area contributed by atoms with E-state index in [1.165, 1.54) is 12.1 Å². The van der Waals surface area contributed by atoms with Crippen molar-refractivity contribution in [2.45, 2.75) is 59.1 Å². The summed E-state index contributed by atoms with van der Waals surface area (Å²) in [5.41, 5.74) is 1.52. The van der Waals surface area contributed by atoms with Gasteiger partial charge in [0.05, 0.1) is 16.8 Å². The van der Waals surface area contributed by atoms with Crippen molar-refractivity contribution < 1.29 is 4.74 Å². The van der Waals surface area contributed by atoms with Crippen molar-refractivity contribution in [3.63, 3.8) is 0 Å². The van der Waals surface area contributed by atoms with Crippen LogP contribution >= 0.6 is 11.3 Å². The predicted molar refractivity (Wildman–Crippen MR) is 80.8 cm³/mol. The van der Waals surface area contributed by atoms with Crippen LogP contribution < -0.4 is 5.32 Å². The van der Waals surface area contributed by atoms with Crippen LogP contribution in [-0.2, 0) is 11.2 Å². The number of hydrogen-bond acceptors (Lipinski definition) is 4. The van der Waals surface area contributed by atoms with Crippen LogP contribution in [0.25, 0.3) is 0 Å². The van der Waals surface area contributed by atoms with Gasteiger partial charge in [-0.25, -0.2) is 4.98 Å². The lowest BCUT2D eigenvalue weighted by atomic mass is 9.61. The Labute approximate surface area is 120 Å². The normalized spacial score (nSPS) is 30.3. The first-order chi connectivity index (χ1) is 9.10. The lowest BCUT2D eigenvalue weighted by molar-refractivity contribution is -0.125. The molecule has 0 spiro atoms. The van der Waals surface area contributed by atoms with Gasteiger partial charge >= 0.3 is 0 Å². The third-order valence-electron chi connectivity index (χ3n) is 4.55. The van der Waals surface area contributed by atoms with Crippen LogP contribution in [0.5, 0.6) is 0 Å². The monoisotopic (exact) mass is 282 g/mol. The van der Waals surface area contributed by atoms with Gasteiger partial charge in [-0.3, -0.25) is 0 Å². The molecule has 1 aliphatic carbocycles. The predicted octanol–water partition coefficient (Wildman–Crippen LogP) is 3.18. The average Bonchev–Trinajstić information content (AvgIpc) is 2.81. The SMILES string of the molecule is CCOC1CC(NCCc2csc(C)n2)C1(C)CC. The van der Waals surface area contributed by atoms with E-state index in [0.717, 1.165) is 31.0 Å². The molecule has 4 heteroatoms. The minimum atomic E-state index is 0.300. The molecular formula is C15H26N2OS. The van der Waals surface area contributed by atoms with E-state index >= 15 is 0 Å². The lowest BCUT2D eigenvalue weighted by Gasteiger charge is -2.53. The van der Waals surface area contributed by atoms with Gasteiger partial charge in [-0.15, -0.1) is 11.3 Å². The zero-order valence-electron chi connectivity index (χ0n) is 12.5. The van der Waals surface area contributed by atoms with Crippen LogP contribution in [-0.4, -0.2) is 30.3 Å². The molecule has 19 heavy (non-hydrogen) atoms. The zero-order chi connectivity index (χ0) is 13.9. The summed E-state index contributed by atoms with van der Waals surface area (Å²) in [6.07, 6.45) is 3.78. The first-order valence-electron chi connectivity index (χ1n) is 7.36.